The molecule has 4 nitrogen and oxygen atoms in total. The Labute approximate surface area is 73.9 Å². The van der Waals surface area contributed by atoms with Gasteiger partial charge in [-0.25, -0.2) is 0 Å². The van der Waals surface area contributed by atoms with Gasteiger partial charge < -0.3 is 19.2 Å². The van der Waals surface area contributed by atoms with E-state index in [1.54, 1.807) is 0 Å². The molecule has 0 saturated heterocycles. The largest absolute Gasteiger partial charge is 4.00 e. The molecule has 0 aromatic heterocycles. The molecule has 38 valence electrons. The summed E-state index contributed by atoms with van der Waals surface area (Å²) in [4.78, 5) is 25.6. The molecule has 0 aromatic carbocycles. The second-order valence-corrected chi connectivity index (χ2v) is 1.34. The molecule has 7 heteroatoms. The van der Waals surface area contributed by atoms with Crippen LogP contribution in [0.4, 0.5) is 0 Å². The molecule has 0 radical (unpaired) electrons. The van der Waals surface area contributed by atoms with Crippen LogP contribution in [-0.4, -0.2) is 0 Å². The molecule has 0 bridgehead atoms. The van der Waals surface area contributed by atoms with Crippen molar-refractivity contribution in [1.82, 2.24) is 0 Å². The Morgan fingerprint density at radius 3 is 1.14 bits per heavy atom. The van der Waals surface area contributed by atoms with Gasteiger partial charge in [-0.05, 0) is 0 Å². The van der Waals surface area contributed by atoms with Gasteiger partial charge in [0.25, 0.3) is 0 Å². The fourth-order valence-electron chi connectivity index (χ4n) is 0. The number of hydrogen-bond acceptors (Lipinski definition) is 4. The van der Waals surface area contributed by atoms with E-state index in [9.17, 15) is 0 Å². The molecule has 0 spiro atoms. The SMILES string of the molecule is O=P([O-])([O-])[O-].[W].[Zr+4]. The van der Waals surface area contributed by atoms with Crippen LogP contribution < -0.4 is 14.7 Å². The zero-order valence-corrected chi connectivity index (χ0v) is 9.27. The smallest absolute Gasteiger partial charge is 0.822 e. The molecule has 0 aliphatic rings. The summed E-state index contributed by atoms with van der Waals surface area (Å²) in [7, 11) is -5.39. The first-order chi connectivity index (χ1) is 2.00. The van der Waals surface area contributed by atoms with Crippen LogP contribution in [-0.2, 0) is 51.8 Å². The van der Waals surface area contributed by atoms with E-state index in [-0.39, 0.29) is 47.3 Å². The van der Waals surface area contributed by atoms with E-state index in [1.165, 1.54) is 0 Å². The molecule has 7 heavy (non-hydrogen) atoms. The average Bonchev–Trinajstić information content (AvgIpc) is 0.722. The van der Waals surface area contributed by atoms with Crippen molar-refractivity contribution in [1.29, 1.82) is 0 Å². The van der Waals surface area contributed by atoms with E-state index in [0.717, 1.165) is 0 Å². The van der Waals surface area contributed by atoms with Gasteiger partial charge in [-0.2, -0.15) is 7.82 Å². The van der Waals surface area contributed by atoms with Crippen molar-refractivity contribution < 1.29 is 66.5 Å². The molecular formula is O4PWZr+. The van der Waals surface area contributed by atoms with Crippen LogP contribution in [0, 0.1) is 0 Å². The Morgan fingerprint density at radius 2 is 1.14 bits per heavy atom. The summed E-state index contributed by atoms with van der Waals surface area (Å²) in [5.74, 6) is 0. The van der Waals surface area contributed by atoms with Gasteiger partial charge in [0.05, 0.1) is 0 Å². The molecule has 0 fully saturated rings. The molecule has 0 saturated carbocycles. The van der Waals surface area contributed by atoms with Crippen molar-refractivity contribution in [3.8, 4) is 0 Å². The predicted molar refractivity (Wildman–Crippen MR) is 7.61 cm³/mol. The summed E-state index contributed by atoms with van der Waals surface area (Å²) in [5.41, 5.74) is 0. The van der Waals surface area contributed by atoms with E-state index in [0.29, 0.717) is 0 Å². The van der Waals surface area contributed by atoms with Crippen LogP contribution in [0.2, 0.25) is 0 Å². The zero-order valence-electron chi connectivity index (χ0n) is 2.99. The van der Waals surface area contributed by atoms with Gasteiger partial charge in [0.2, 0.25) is 0 Å². The molecule has 0 aliphatic heterocycles. The molecule has 0 atom stereocenters. The maximum Gasteiger partial charge on any atom is 4.00 e. The predicted octanol–water partition coefficient (Wildman–Crippen LogP) is -2.83. The van der Waals surface area contributed by atoms with Crippen LogP contribution >= 0.6 is 7.82 Å². The second kappa shape index (κ2) is 5.81. The minimum absolute atomic E-state index is 0. The molecule has 0 unspecified atom stereocenters. The molecular weight excluding hydrogens is 370 g/mol. The van der Waals surface area contributed by atoms with Gasteiger partial charge in [0.1, 0.15) is 0 Å². The summed E-state index contributed by atoms with van der Waals surface area (Å²) >= 11 is 0. The third-order valence-electron chi connectivity index (χ3n) is 0. The maximum absolute atomic E-state index is 8.55. The molecule has 0 amide bonds. The van der Waals surface area contributed by atoms with E-state index in [2.05, 4.69) is 0 Å². The third kappa shape index (κ3) is 87.7. The Bertz CT molecular complexity index is 57.8. The third-order valence-corrected chi connectivity index (χ3v) is 0. The van der Waals surface area contributed by atoms with Gasteiger partial charge in [-0.1, -0.05) is 0 Å². The normalized spacial score (nSPS) is 8.43. The van der Waals surface area contributed by atoms with Crippen molar-refractivity contribution in [3.05, 3.63) is 0 Å². The first-order valence-corrected chi connectivity index (χ1v) is 2.19. The summed E-state index contributed by atoms with van der Waals surface area (Å²) in [5, 5.41) is 0. The average molecular weight is 370 g/mol. The van der Waals surface area contributed by atoms with Crippen LogP contribution in [0.25, 0.3) is 0 Å². The van der Waals surface area contributed by atoms with Crippen molar-refractivity contribution >= 4 is 7.82 Å². The van der Waals surface area contributed by atoms with Gasteiger partial charge in [0.15, 0.2) is 0 Å². The summed E-state index contributed by atoms with van der Waals surface area (Å²) < 4.78 is 8.55. The van der Waals surface area contributed by atoms with Crippen LogP contribution in [0.1, 0.15) is 0 Å². The van der Waals surface area contributed by atoms with Crippen molar-refractivity contribution in [2.45, 2.75) is 0 Å². The Hall–Kier alpha value is 1.68. The number of hydrogen-bond donors (Lipinski definition) is 0. The van der Waals surface area contributed by atoms with Crippen LogP contribution in [0.15, 0.2) is 0 Å². The van der Waals surface area contributed by atoms with Crippen LogP contribution in [0.5, 0.6) is 0 Å². The number of phosphoric acid groups is 1. The Kier molecular flexibility index (Phi) is 13.2. The van der Waals surface area contributed by atoms with E-state index in [1.807, 2.05) is 0 Å². The van der Waals surface area contributed by atoms with Crippen LogP contribution in [0.3, 0.4) is 0 Å². The quantitative estimate of drug-likeness (QED) is 0.431. The molecule has 0 N–H and O–H groups in total. The van der Waals surface area contributed by atoms with E-state index >= 15 is 0 Å². The van der Waals surface area contributed by atoms with Crippen molar-refractivity contribution in [2.75, 3.05) is 0 Å². The van der Waals surface area contributed by atoms with Crippen molar-refractivity contribution in [2.24, 2.45) is 0 Å². The number of rotatable bonds is 0. The van der Waals surface area contributed by atoms with Crippen molar-refractivity contribution in [3.63, 3.8) is 0 Å². The molecule has 0 rings (SSSR count). The summed E-state index contributed by atoms with van der Waals surface area (Å²) in [6.07, 6.45) is 0. The Balaban J connectivity index is -0.0000000800. The molecule has 0 aromatic rings. The first-order valence-electron chi connectivity index (χ1n) is 0.730. The summed E-state index contributed by atoms with van der Waals surface area (Å²) in [6.45, 7) is 0. The zero-order chi connectivity index (χ0) is 4.50. The van der Waals surface area contributed by atoms with E-state index < -0.39 is 7.82 Å². The topological polar surface area (TPSA) is 86.2 Å². The van der Waals surface area contributed by atoms with E-state index in [4.69, 9.17) is 19.2 Å². The molecule has 0 aliphatic carbocycles. The molecule has 0 heterocycles. The van der Waals surface area contributed by atoms with Gasteiger partial charge in [-0.15, -0.1) is 0 Å². The monoisotopic (exact) mass is 369 g/mol. The standard InChI is InChI=1S/H3O4P.W.Zr/c1-5(2,3)4;;/h(H3,1,2,3,4);;/q;;+4/p-3. The maximum atomic E-state index is 8.55. The Morgan fingerprint density at radius 1 is 1.14 bits per heavy atom. The fraction of sp³-hybridized carbons (Fsp3) is 0. The fourth-order valence-corrected chi connectivity index (χ4v) is 0. The van der Waals surface area contributed by atoms with Gasteiger partial charge >= 0.3 is 26.2 Å². The second-order valence-electron chi connectivity index (χ2n) is 0.447. The first kappa shape index (κ1) is 15.9. The summed E-state index contributed by atoms with van der Waals surface area (Å²) in [6, 6.07) is 0. The van der Waals surface area contributed by atoms with Gasteiger partial charge in [-0.3, -0.25) is 0 Å². The van der Waals surface area contributed by atoms with Gasteiger partial charge in [0, 0.05) is 21.1 Å². The minimum atomic E-state index is -5.39. The minimum Gasteiger partial charge on any atom is -0.822 e.